The van der Waals surface area contributed by atoms with Gasteiger partial charge in [0.25, 0.3) is 0 Å². The van der Waals surface area contributed by atoms with Crippen LogP contribution < -0.4 is 10.2 Å². The van der Waals surface area contributed by atoms with Crippen LogP contribution >= 0.6 is 11.6 Å². The number of anilines is 1. The third kappa shape index (κ3) is 4.18. The van der Waals surface area contributed by atoms with E-state index in [1.54, 1.807) is 0 Å². The van der Waals surface area contributed by atoms with Crippen molar-refractivity contribution in [3.8, 4) is 0 Å². The second kappa shape index (κ2) is 7.01. The maximum Gasteiger partial charge on any atom is 0.0642 e. The molecule has 0 spiro atoms. The van der Waals surface area contributed by atoms with E-state index in [9.17, 15) is 0 Å². The first-order chi connectivity index (χ1) is 8.45. The number of hydrogen-bond acceptors (Lipinski definition) is 2. The van der Waals surface area contributed by atoms with Gasteiger partial charge in [-0.05, 0) is 44.0 Å². The number of benzene rings is 1. The summed E-state index contributed by atoms with van der Waals surface area (Å²) in [5.74, 6) is 0.717. The third-order valence-electron chi connectivity index (χ3n) is 3.36. The van der Waals surface area contributed by atoms with E-state index in [4.69, 9.17) is 11.6 Å². The zero-order chi connectivity index (χ0) is 13.7. The van der Waals surface area contributed by atoms with Crippen LogP contribution in [0.1, 0.15) is 38.8 Å². The SMILES string of the molecule is CNC(C)c1ccc(N(C)CCC(C)C)c(Cl)c1. The lowest BCUT2D eigenvalue weighted by atomic mass is 10.1. The Labute approximate surface area is 116 Å². The molecule has 1 aromatic carbocycles. The minimum absolute atomic E-state index is 0.331. The zero-order valence-corrected chi connectivity index (χ0v) is 12.9. The Kier molecular flexibility index (Phi) is 5.97. The third-order valence-corrected chi connectivity index (χ3v) is 3.66. The Balaban J connectivity index is 2.78. The fraction of sp³-hybridized carbons (Fsp3) is 0.600. The molecule has 1 atom stereocenters. The van der Waals surface area contributed by atoms with Crippen LogP contribution in [0.2, 0.25) is 5.02 Å². The molecule has 0 amide bonds. The van der Waals surface area contributed by atoms with Gasteiger partial charge in [0.2, 0.25) is 0 Å². The fourth-order valence-corrected chi connectivity index (χ4v) is 2.17. The molecule has 1 N–H and O–H groups in total. The van der Waals surface area contributed by atoms with Crippen molar-refractivity contribution in [1.82, 2.24) is 5.32 Å². The Morgan fingerprint density at radius 2 is 1.94 bits per heavy atom. The van der Waals surface area contributed by atoms with Crippen LogP contribution in [-0.2, 0) is 0 Å². The summed E-state index contributed by atoms with van der Waals surface area (Å²) >= 11 is 6.37. The number of nitrogens with zero attached hydrogens (tertiary/aromatic N) is 1. The highest BCUT2D eigenvalue weighted by atomic mass is 35.5. The monoisotopic (exact) mass is 268 g/mol. The van der Waals surface area contributed by atoms with E-state index in [-0.39, 0.29) is 0 Å². The molecule has 0 aromatic heterocycles. The molecule has 1 unspecified atom stereocenters. The molecular weight excluding hydrogens is 244 g/mol. The summed E-state index contributed by atoms with van der Waals surface area (Å²) in [4.78, 5) is 2.23. The quantitative estimate of drug-likeness (QED) is 0.836. The summed E-state index contributed by atoms with van der Waals surface area (Å²) in [6, 6.07) is 6.65. The molecular formula is C15H25ClN2. The number of nitrogens with one attached hydrogen (secondary N) is 1. The Bertz CT molecular complexity index is 377. The van der Waals surface area contributed by atoms with Gasteiger partial charge in [-0.2, -0.15) is 0 Å². The average Bonchev–Trinajstić information content (AvgIpc) is 2.34. The predicted octanol–water partition coefficient (Wildman–Crippen LogP) is 4.10. The smallest absolute Gasteiger partial charge is 0.0642 e. The van der Waals surface area contributed by atoms with E-state index in [0.717, 1.165) is 23.2 Å². The molecule has 102 valence electrons. The Morgan fingerprint density at radius 1 is 1.28 bits per heavy atom. The standard InChI is InChI=1S/C15H25ClN2/c1-11(2)8-9-18(5)15-7-6-13(10-14(15)16)12(3)17-4/h6-7,10-12,17H,8-9H2,1-5H3. The van der Waals surface area contributed by atoms with Crippen molar-refractivity contribution < 1.29 is 0 Å². The molecule has 0 saturated heterocycles. The maximum atomic E-state index is 6.37. The predicted molar refractivity (Wildman–Crippen MR) is 81.7 cm³/mol. The van der Waals surface area contributed by atoms with Crippen LogP contribution in [0.5, 0.6) is 0 Å². The lowest BCUT2D eigenvalue weighted by molar-refractivity contribution is 0.585. The van der Waals surface area contributed by atoms with Crippen LogP contribution in [0.25, 0.3) is 0 Å². The van der Waals surface area contributed by atoms with E-state index in [0.29, 0.717) is 6.04 Å². The van der Waals surface area contributed by atoms with Gasteiger partial charge >= 0.3 is 0 Å². The summed E-state index contributed by atoms with van der Waals surface area (Å²) in [5, 5.41) is 4.06. The highest BCUT2D eigenvalue weighted by Gasteiger charge is 2.10. The first-order valence-electron chi connectivity index (χ1n) is 6.63. The van der Waals surface area contributed by atoms with Crippen molar-refractivity contribution in [2.45, 2.75) is 33.2 Å². The molecule has 3 heteroatoms. The normalized spacial score (nSPS) is 12.8. The number of rotatable bonds is 6. The van der Waals surface area contributed by atoms with Gasteiger partial charge in [0.1, 0.15) is 0 Å². The molecule has 18 heavy (non-hydrogen) atoms. The molecule has 0 bridgehead atoms. The summed E-state index contributed by atoms with van der Waals surface area (Å²) in [5.41, 5.74) is 2.34. The summed E-state index contributed by atoms with van der Waals surface area (Å²) in [6.07, 6.45) is 1.18. The zero-order valence-electron chi connectivity index (χ0n) is 12.1. The minimum atomic E-state index is 0.331. The highest BCUT2D eigenvalue weighted by Crippen LogP contribution is 2.28. The van der Waals surface area contributed by atoms with Gasteiger partial charge in [-0.25, -0.2) is 0 Å². The second-order valence-electron chi connectivity index (χ2n) is 5.33. The second-order valence-corrected chi connectivity index (χ2v) is 5.73. The molecule has 0 radical (unpaired) electrons. The van der Waals surface area contributed by atoms with Crippen LogP contribution in [0.15, 0.2) is 18.2 Å². The molecule has 2 nitrogen and oxygen atoms in total. The molecule has 0 aliphatic carbocycles. The van der Waals surface area contributed by atoms with Crippen LogP contribution in [0.3, 0.4) is 0 Å². The summed E-state index contributed by atoms with van der Waals surface area (Å²) < 4.78 is 0. The van der Waals surface area contributed by atoms with Gasteiger partial charge in [0.05, 0.1) is 10.7 Å². The van der Waals surface area contributed by atoms with Crippen molar-refractivity contribution in [3.63, 3.8) is 0 Å². The van der Waals surface area contributed by atoms with Crippen molar-refractivity contribution >= 4 is 17.3 Å². The van der Waals surface area contributed by atoms with E-state index >= 15 is 0 Å². The topological polar surface area (TPSA) is 15.3 Å². The summed E-state index contributed by atoms with van der Waals surface area (Å²) in [6.45, 7) is 7.66. The van der Waals surface area contributed by atoms with Crippen LogP contribution in [-0.4, -0.2) is 20.6 Å². The van der Waals surface area contributed by atoms with Gasteiger partial charge in [0.15, 0.2) is 0 Å². The van der Waals surface area contributed by atoms with Crippen molar-refractivity contribution in [2.75, 3.05) is 25.5 Å². The summed E-state index contributed by atoms with van der Waals surface area (Å²) in [7, 11) is 4.06. The van der Waals surface area contributed by atoms with E-state index in [1.807, 2.05) is 7.05 Å². The molecule has 0 aliphatic rings. The van der Waals surface area contributed by atoms with Crippen molar-refractivity contribution in [3.05, 3.63) is 28.8 Å². The lowest BCUT2D eigenvalue weighted by Crippen LogP contribution is -2.20. The Hall–Kier alpha value is -0.730. The van der Waals surface area contributed by atoms with E-state index < -0.39 is 0 Å². The van der Waals surface area contributed by atoms with Gasteiger partial charge in [0, 0.05) is 19.6 Å². The number of halogens is 1. The molecule has 0 fully saturated rings. The fourth-order valence-electron chi connectivity index (χ4n) is 1.84. The van der Waals surface area contributed by atoms with E-state index in [1.165, 1.54) is 12.0 Å². The largest absolute Gasteiger partial charge is 0.373 e. The first-order valence-corrected chi connectivity index (χ1v) is 7.01. The average molecular weight is 269 g/mol. The lowest BCUT2D eigenvalue weighted by Gasteiger charge is -2.22. The van der Waals surface area contributed by atoms with Crippen LogP contribution in [0, 0.1) is 5.92 Å². The molecule has 0 heterocycles. The Morgan fingerprint density at radius 3 is 2.44 bits per heavy atom. The van der Waals surface area contributed by atoms with Gasteiger partial charge < -0.3 is 10.2 Å². The maximum absolute atomic E-state index is 6.37. The minimum Gasteiger partial charge on any atom is -0.373 e. The van der Waals surface area contributed by atoms with Crippen molar-refractivity contribution in [1.29, 1.82) is 0 Å². The molecule has 1 aromatic rings. The first kappa shape index (κ1) is 15.3. The van der Waals surface area contributed by atoms with Gasteiger partial charge in [-0.15, -0.1) is 0 Å². The highest BCUT2D eigenvalue weighted by molar-refractivity contribution is 6.33. The van der Waals surface area contributed by atoms with Crippen LogP contribution in [0.4, 0.5) is 5.69 Å². The van der Waals surface area contributed by atoms with Crippen molar-refractivity contribution in [2.24, 2.45) is 5.92 Å². The molecule has 1 rings (SSSR count). The molecule has 0 aliphatic heterocycles. The molecule has 0 saturated carbocycles. The van der Waals surface area contributed by atoms with Gasteiger partial charge in [-0.1, -0.05) is 31.5 Å². The van der Waals surface area contributed by atoms with Gasteiger partial charge in [-0.3, -0.25) is 0 Å². The number of hydrogen-bond donors (Lipinski definition) is 1. The van der Waals surface area contributed by atoms with E-state index in [2.05, 4.69) is 56.2 Å².